The molecule has 92 valence electrons. The highest BCUT2D eigenvalue weighted by molar-refractivity contribution is 6.03. The number of nitrogen functional groups attached to an aromatic ring is 1. The Balaban J connectivity index is 2.31. The molecule has 1 aliphatic carbocycles. The van der Waals surface area contributed by atoms with Crippen LogP contribution in [-0.2, 0) is 0 Å². The van der Waals surface area contributed by atoms with Gasteiger partial charge in [0.1, 0.15) is 5.82 Å². The smallest absolute Gasteiger partial charge is 0.170 e. The first-order chi connectivity index (χ1) is 8.15. The van der Waals surface area contributed by atoms with E-state index in [-0.39, 0.29) is 11.7 Å². The second-order valence-electron chi connectivity index (χ2n) is 4.79. The quantitative estimate of drug-likeness (QED) is 0.776. The van der Waals surface area contributed by atoms with Crippen molar-refractivity contribution in [3.63, 3.8) is 0 Å². The lowest BCUT2D eigenvalue weighted by atomic mass is 9.87. The van der Waals surface area contributed by atoms with Crippen molar-refractivity contribution in [2.45, 2.75) is 26.2 Å². The second-order valence-corrected chi connectivity index (χ2v) is 4.79. The average molecular weight is 233 g/mol. The average Bonchev–Trinajstić information content (AvgIpc) is 2.76. The molecule has 1 fully saturated rings. The minimum absolute atomic E-state index is 0.0326. The monoisotopic (exact) mass is 233 g/mol. The van der Waals surface area contributed by atoms with Crippen molar-refractivity contribution < 1.29 is 4.79 Å². The van der Waals surface area contributed by atoms with Crippen LogP contribution in [0.4, 0.5) is 5.82 Å². The van der Waals surface area contributed by atoms with Gasteiger partial charge in [-0.05, 0) is 43.9 Å². The molecule has 0 amide bonds. The van der Waals surface area contributed by atoms with Crippen LogP contribution in [0, 0.1) is 18.8 Å². The molecule has 4 heteroatoms. The number of aryl methyl sites for hydroxylation is 1. The summed E-state index contributed by atoms with van der Waals surface area (Å²) >= 11 is 0. The van der Waals surface area contributed by atoms with Crippen molar-refractivity contribution >= 4 is 11.6 Å². The highest BCUT2D eigenvalue weighted by Gasteiger charge is 2.33. The Morgan fingerprint density at radius 1 is 1.53 bits per heavy atom. The number of carbonyl (C=O) groups excluding carboxylic acids is 1. The molecule has 4 nitrogen and oxygen atoms in total. The summed E-state index contributed by atoms with van der Waals surface area (Å²) in [5.74, 6) is 0.811. The third-order valence-electron chi connectivity index (χ3n) is 3.73. The molecule has 0 aliphatic heterocycles. The summed E-state index contributed by atoms with van der Waals surface area (Å²) in [5.41, 5.74) is 13.0. The number of ketones is 1. The highest BCUT2D eigenvalue weighted by atomic mass is 16.1. The fourth-order valence-corrected chi connectivity index (χ4v) is 2.75. The summed E-state index contributed by atoms with van der Waals surface area (Å²) in [6.45, 7) is 2.48. The Morgan fingerprint density at radius 2 is 2.29 bits per heavy atom. The number of anilines is 1. The molecule has 1 aromatic rings. The molecule has 2 unspecified atom stereocenters. The third kappa shape index (κ3) is 2.17. The van der Waals surface area contributed by atoms with Crippen molar-refractivity contribution in [2.24, 2.45) is 17.6 Å². The van der Waals surface area contributed by atoms with Crippen LogP contribution >= 0.6 is 0 Å². The van der Waals surface area contributed by atoms with Gasteiger partial charge in [-0.25, -0.2) is 4.98 Å². The van der Waals surface area contributed by atoms with Gasteiger partial charge >= 0.3 is 0 Å². The topological polar surface area (TPSA) is 82.0 Å². The molecule has 1 aromatic heterocycles. The van der Waals surface area contributed by atoms with E-state index in [2.05, 4.69) is 4.98 Å². The van der Waals surface area contributed by atoms with E-state index in [9.17, 15) is 4.79 Å². The predicted molar refractivity (Wildman–Crippen MR) is 67.6 cm³/mol. The molecule has 0 radical (unpaired) electrons. The number of pyridine rings is 1. The van der Waals surface area contributed by atoms with Crippen LogP contribution in [0.15, 0.2) is 12.3 Å². The Morgan fingerprint density at radius 3 is 2.94 bits per heavy atom. The van der Waals surface area contributed by atoms with Crippen LogP contribution < -0.4 is 11.5 Å². The molecule has 0 spiro atoms. The predicted octanol–water partition coefficient (Wildman–Crippen LogP) is 1.53. The molecule has 2 rings (SSSR count). The molecular weight excluding hydrogens is 214 g/mol. The Kier molecular flexibility index (Phi) is 3.43. The summed E-state index contributed by atoms with van der Waals surface area (Å²) in [7, 11) is 0. The molecule has 1 heterocycles. The van der Waals surface area contributed by atoms with E-state index >= 15 is 0 Å². The molecule has 1 saturated carbocycles. The summed E-state index contributed by atoms with van der Waals surface area (Å²) in [5, 5.41) is 0. The lowest BCUT2D eigenvalue weighted by Crippen LogP contribution is -2.26. The van der Waals surface area contributed by atoms with Crippen LogP contribution in [0.1, 0.15) is 35.2 Å². The molecule has 2 atom stereocenters. The van der Waals surface area contributed by atoms with Gasteiger partial charge in [-0.15, -0.1) is 0 Å². The van der Waals surface area contributed by atoms with Crippen molar-refractivity contribution in [3.05, 3.63) is 23.4 Å². The molecule has 17 heavy (non-hydrogen) atoms. The first kappa shape index (κ1) is 12.0. The zero-order valence-electron chi connectivity index (χ0n) is 10.1. The zero-order chi connectivity index (χ0) is 12.4. The standard InChI is InChI=1S/C13H19N3O/c1-8-5-6-16-13(15)11(8)12(17)10-4-2-3-9(10)7-14/h5-6,9-10H,2-4,7,14H2,1H3,(H2,15,16). The van der Waals surface area contributed by atoms with Crippen LogP contribution in [0.5, 0.6) is 0 Å². The fourth-order valence-electron chi connectivity index (χ4n) is 2.75. The number of hydrogen-bond donors (Lipinski definition) is 2. The van der Waals surface area contributed by atoms with E-state index in [1.165, 1.54) is 0 Å². The Labute approximate surface area is 101 Å². The third-order valence-corrected chi connectivity index (χ3v) is 3.73. The molecule has 0 bridgehead atoms. The summed E-state index contributed by atoms with van der Waals surface area (Å²) in [6.07, 6.45) is 4.69. The van der Waals surface area contributed by atoms with E-state index in [1.807, 2.05) is 13.0 Å². The van der Waals surface area contributed by atoms with Gasteiger partial charge in [-0.1, -0.05) is 6.42 Å². The Hall–Kier alpha value is -1.42. The lowest BCUT2D eigenvalue weighted by molar-refractivity contribution is 0.0893. The SMILES string of the molecule is Cc1ccnc(N)c1C(=O)C1CCCC1CN. The molecule has 1 aliphatic rings. The maximum Gasteiger partial charge on any atom is 0.170 e. The Bertz CT molecular complexity index is 410. The molecule has 0 aromatic carbocycles. The number of nitrogens with zero attached hydrogens (tertiary/aromatic N) is 1. The summed E-state index contributed by atoms with van der Waals surface area (Å²) in [6, 6.07) is 1.83. The number of hydrogen-bond acceptors (Lipinski definition) is 4. The first-order valence-electron chi connectivity index (χ1n) is 6.10. The van der Waals surface area contributed by atoms with Gasteiger partial charge in [0.15, 0.2) is 5.78 Å². The van der Waals surface area contributed by atoms with Crippen LogP contribution in [-0.4, -0.2) is 17.3 Å². The number of rotatable bonds is 3. The molecule has 0 saturated heterocycles. The number of carbonyl (C=O) groups is 1. The summed E-state index contributed by atoms with van der Waals surface area (Å²) in [4.78, 5) is 16.5. The highest BCUT2D eigenvalue weighted by Crippen LogP contribution is 2.34. The summed E-state index contributed by atoms with van der Waals surface area (Å²) < 4.78 is 0. The van der Waals surface area contributed by atoms with Crippen LogP contribution in [0.3, 0.4) is 0 Å². The van der Waals surface area contributed by atoms with E-state index in [1.54, 1.807) is 6.20 Å². The minimum Gasteiger partial charge on any atom is -0.383 e. The van der Waals surface area contributed by atoms with Crippen molar-refractivity contribution in [1.29, 1.82) is 0 Å². The first-order valence-corrected chi connectivity index (χ1v) is 6.10. The van der Waals surface area contributed by atoms with Gasteiger partial charge in [0, 0.05) is 12.1 Å². The van der Waals surface area contributed by atoms with E-state index < -0.39 is 0 Å². The number of Topliss-reactive ketones (excluding diaryl/α,β-unsaturated/α-hetero) is 1. The lowest BCUT2D eigenvalue weighted by Gasteiger charge is -2.18. The van der Waals surface area contributed by atoms with Crippen molar-refractivity contribution in [1.82, 2.24) is 4.98 Å². The maximum absolute atomic E-state index is 12.5. The number of aromatic nitrogens is 1. The largest absolute Gasteiger partial charge is 0.383 e. The molecule has 4 N–H and O–H groups in total. The minimum atomic E-state index is 0.0326. The van der Waals surface area contributed by atoms with Gasteiger partial charge in [-0.2, -0.15) is 0 Å². The second kappa shape index (κ2) is 4.84. The van der Waals surface area contributed by atoms with Gasteiger partial charge in [-0.3, -0.25) is 4.79 Å². The van der Waals surface area contributed by atoms with E-state index in [0.717, 1.165) is 24.8 Å². The van der Waals surface area contributed by atoms with Crippen molar-refractivity contribution in [2.75, 3.05) is 12.3 Å². The van der Waals surface area contributed by atoms with Gasteiger partial charge in [0.05, 0.1) is 5.56 Å². The normalized spacial score (nSPS) is 23.9. The van der Waals surface area contributed by atoms with Gasteiger partial charge in [0.25, 0.3) is 0 Å². The number of nitrogens with two attached hydrogens (primary N) is 2. The van der Waals surface area contributed by atoms with Crippen LogP contribution in [0.25, 0.3) is 0 Å². The van der Waals surface area contributed by atoms with E-state index in [0.29, 0.717) is 23.8 Å². The van der Waals surface area contributed by atoms with E-state index in [4.69, 9.17) is 11.5 Å². The molecular formula is C13H19N3O. The van der Waals surface area contributed by atoms with Crippen LogP contribution in [0.2, 0.25) is 0 Å². The van der Waals surface area contributed by atoms with Crippen molar-refractivity contribution in [3.8, 4) is 0 Å². The fraction of sp³-hybridized carbons (Fsp3) is 0.538. The van der Waals surface area contributed by atoms with Gasteiger partial charge < -0.3 is 11.5 Å². The van der Waals surface area contributed by atoms with Gasteiger partial charge in [0.2, 0.25) is 0 Å². The zero-order valence-corrected chi connectivity index (χ0v) is 10.1. The maximum atomic E-state index is 12.5.